The number of hydrogen-bond donors (Lipinski definition) is 1. The van der Waals surface area contributed by atoms with E-state index in [1.54, 1.807) is 13.8 Å². The summed E-state index contributed by atoms with van der Waals surface area (Å²) in [6, 6.07) is 3.64. The van der Waals surface area contributed by atoms with Crippen LogP contribution >= 0.6 is 0 Å². The second kappa shape index (κ2) is 5.23. The minimum Gasteiger partial charge on any atom is -0.468 e. The van der Waals surface area contributed by atoms with Crippen molar-refractivity contribution in [3.05, 3.63) is 35.4 Å². The Bertz CT molecular complexity index is 399. The van der Waals surface area contributed by atoms with Crippen LogP contribution in [0.1, 0.15) is 19.4 Å². The van der Waals surface area contributed by atoms with Gasteiger partial charge in [-0.2, -0.15) is 0 Å². The zero-order valence-electron chi connectivity index (χ0n) is 10.0. The number of hydrogen-bond acceptors (Lipinski definition) is 3. The summed E-state index contributed by atoms with van der Waals surface area (Å²) in [5.41, 5.74) is -1.09. The Hall–Kier alpha value is -1.49. The molecule has 0 saturated carbocycles. The van der Waals surface area contributed by atoms with Crippen molar-refractivity contribution in [1.29, 1.82) is 0 Å². The zero-order chi connectivity index (χ0) is 13.1. The molecule has 0 bridgehead atoms. The van der Waals surface area contributed by atoms with Crippen molar-refractivity contribution in [2.45, 2.75) is 25.9 Å². The van der Waals surface area contributed by atoms with Gasteiger partial charge in [0.25, 0.3) is 0 Å². The van der Waals surface area contributed by atoms with Crippen molar-refractivity contribution >= 4 is 5.97 Å². The highest BCUT2D eigenvalue weighted by atomic mass is 19.1. The van der Waals surface area contributed by atoms with Crippen molar-refractivity contribution in [2.24, 2.45) is 0 Å². The average molecular weight is 243 g/mol. The van der Waals surface area contributed by atoms with Gasteiger partial charge in [0, 0.05) is 12.1 Å². The zero-order valence-corrected chi connectivity index (χ0v) is 10.0. The highest BCUT2D eigenvalue weighted by Gasteiger charge is 2.28. The van der Waals surface area contributed by atoms with E-state index >= 15 is 0 Å². The van der Waals surface area contributed by atoms with Gasteiger partial charge in [-0.05, 0) is 26.0 Å². The van der Waals surface area contributed by atoms with Crippen molar-refractivity contribution in [1.82, 2.24) is 5.32 Å². The quantitative estimate of drug-likeness (QED) is 0.822. The maximum atomic E-state index is 13.3. The molecule has 1 rings (SSSR count). The second-order valence-electron chi connectivity index (χ2n) is 4.17. The molecule has 0 saturated heterocycles. The van der Waals surface area contributed by atoms with Gasteiger partial charge in [0.2, 0.25) is 0 Å². The SMILES string of the molecule is COC(=O)C(C)(C)NCc1c(F)cccc1F. The summed E-state index contributed by atoms with van der Waals surface area (Å²) in [7, 11) is 1.26. The van der Waals surface area contributed by atoms with Crippen LogP contribution in [0.4, 0.5) is 8.78 Å². The molecular formula is C12H15F2NO2. The standard InChI is InChI=1S/C12H15F2NO2/c1-12(2,11(16)17-3)15-7-8-9(13)5-4-6-10(8)14/h4-6,15H,7H2,1-3H3. The number of rotatable bonds is 4. The van der Waals surface area contributed by atoms with Gasteiger partial charge >= 0.3 is 5.97 Å². The molecule has 1 aromatic carbocycles. The lowest BCUT2D eigenvalue weighted by atomic mass is 10.1. The molecule has 0 heterocycles. The molecule has 0 aliphatic heterocycles. The van der Waals surface area contributed by atoms with Gasteiger partial charge in [-0.25, -0.2) is 8.78 Å². The Labute approximate surface area is 98.8 Å². The summed E-state index contributed by atoms with van der Waals surface area (Å²) >= 11 is 0. The number of ether oxygens (including phenoxy) is 1. The number of esters is 1. The molecule has 0 fully saturated rings. The number of nitrogens with one attached hydrogen (secondary N) is 1. The molecular weight excluding hydrogens is 228 g/mol. The first-order valence-electron chi connectivity index (χ1n) is 5.15. The van der Waals surface area contributed by atoms with Crippen molar-refractivity contribution in [3.8, 4) is 0 Å². The fraction of sp³-hybridized carbons (Fsp3) is 0.417. The summed E-state index contributed by atoms with van der Waals surface area (Å²) in [6.07, 6.45) is 0. The first-order valence-corrected chi connectivity index (χ1v) is 5.15. The number of benzene rings is 1. The molecule has 0 aliphatic rings. The third-order valence-electron chi connectivity index (χ3n) is 2.46. The monoisotopic (exact) mass is 243 g/mol. The third-order valence-corrected chi connectivity index (χ3v) is 2.46. The summed E-state index contributed by atoms with van der Waals surface area (Å²) in [5.74, 6) is -1.77. The third kappa shape index (κ3) is 3.23. The van der Waals surface area contributed by atoms with Crippen LogP contribution in [0.3, 0.4) is 0 Å². The van der Waals surface area contributed by atoms with Crippen LogP contribution in [0.2, 0.25) is 0 Å². The van der Waals surface area contributed by atoms with Gasteiger partial charge in [0.05, 0.1) is 7.11 Å². The first kappa shape index (κ1) is 13.6. The summed E-state index contributed by atoms with van der Waals surface area (Å²) in [4.78, 5) is 11.4. The van der Waals surface area contributed by atoms with E-state index in [1.807, 2.05) is 0 Å². The molecule has 0 aliphatic carbocycles. The first-order chi connectivity index (χ1) is 7.88. The Balaban J connectivity index is 2.77. The van der Waals surface area contributed by atoms with E-state index in [0.29, 0.717) is 0 Å². The van der Waals surface area contributed by atoms with Gasteiger partial charge in [-0.1, -0.05) is 6.07 Å². The van der Waals surface area contributed by atoms with Crippen LogP contribution in [0, 0.1) is 11.6 Å². The van der Waals surface area contributed by atoms with Gasteiger partial charge in [0.15, 0.2) is 0 Å². The summed E-state index contributed by atoms with van der Waals surface area (Å²) in [6.45, 7) is 3.08. The molecule has 17 heavy (non-hydrogen) atoms. The molecule has 5 heteroatoms. The van der Waals surface area contributed by atoms with Crippen LogP contribution in [0.5, 0.6) is 0 Å². The summed E-state index contributed by atoms with van der Waals surface area (Å²) in [5, 5.41) is 2.75. The highest BCUT2D eigenvalue weighted by molar-refractivity contribution is 5.79. The fourth-order valence-electron chi connectivity index (χ4n) is 1.34. The molecule has 1 N–H and O–H groups in total. The van der Waals surface area contributed by atoms with E-state index < -0.39 is 23.1 Å². The smallest absolute Gasteiger partial charge is 0.325 e. The molecule has 0 spiro atoms. The molecule has 94 valence electrons. The predicted molar refractivity (Wildman–Crippen MR) is 59.3 cm³/mol. The van der Waals surface area contributed by atoms with Gasteiger partial charge in [-0.15, -0.1) is 0 Å². The van der Waals surface area contributed by atoms with Gasteiger partial charge in [0.1, 0.15) is 17.2 Å². The Morgan fingerprint density at radius 2 is 1.88 bits per heavy atom. The molecule has 0 amide bonds. The normalized spacial score (nSPS) is 11.4. The van der Waals surface area contributed by atoms with E-state index in [2.05, 4.69) is 10.1 Å². The topological polar surface area (TPSA) is 38.3 Å². The van der Waals surface area contributed by atoms with E-state index in [-0.39, 0.29) is 12.1 Å². The van der Waals surface area contributed by atoms with Crippen LogP contribution < -0.4 is 5.32 Å². The van der Waals surface area contributed by atoms with Crippen molar-refractivity contribution in [2.75, 3.05) is 7.11 Å². The van der Waals surface area contributed by atoms with Crippen molar-refractivity contribution < 1.29 is 18.3 Å². The molecule has 0 aromatic heterocycles. The second-order valence-corrected chi connectivity index (χ2v) is 4.17. The van der Waals surface area contributed by atoms with E-state index in [1.165, 1.54) is 25.3 Å². The largest absolute Gasteiger partial charge is 0.468 e. The van der Waals surface area contributed by atoms with E-state index in [9.17, 15) is 13.6 Å². The Kier molecular flexibility index (Phi) is 4.17. The molecule has 0 radical (unpaired) electrons. The van der Waals surface area contributed by atoms with Crippen LogP contribution in [0.15, 0.2) is 18.2 Å². The lowest BCUT2D eigenvalue weighted by molar-refractivity contribution is -0.147. The van der Waals surface area contributed by atoms with Crippen LogP contribution in [0.25, 0.3) is 0 Å². The van der Waals surface area contributed by atoms with Crippen molar-refractivity contribution in [3.63, 3.8) is 0 Å². The van der Waals surface area contributed by atoms with Crippen LogP contribution in [-0.2, 0) is 16.1 Å². The lowest BCUT2D eigenvalue weighted by Gasteiger charge is -2.23. The van der Waals surface area contributed by atoms with Gasteiger partial charge < -0.3 is 4.74 Å². The predicted octanol–water partition coefficient (Wildman–Crippen LogP) is 2.01. The molecule has 3 nitrogen and oxygen atoms in total. The Morgan fingerprint density at radius 1 is 1.35 bits per heavy atom. The lowest BCUT2D eigenvalue weighted by Crippen LogP contribution is -2.47. The highest BCUT2D eigenvalue weighted by Crippen LogP contribution is 2.14. The number of carbonyl (C=O) groups excluding carboxylic acids is 1. The summed E-state index contributed by atoms with van der Waals surface area (Å²) < 4.78 is 31.2. The van der Waals surface area contributed by atoms with Crippen LogP contribution in [-0.4, -0.2) is 18.6 Å². The van der Waals surface area contributed by atoms with Gasteiger partial charge in [-0.3, -0.25) is 10.1 Å². The minimum absolute atomic E-state index is 0.0827. The van der Waals surface area contributed by atoms with E-state index in [4.69, 9.17) is 0 Å². The van der Waals surface area contributed by atoms with E-state index in [0.717, 1.165) is 0 Å². The minimum atomic E-state index is -0.997. The maximum absolute atomic E-state index is 13.3. The molecule has 1 aromatic rings. The average Bonchev–Trinajstić information content (AvgIpc) is 2.27. The number of methoxy groups -OCH3 is 1. The Morgan fingerprint density at radius 3 is 2.35 bits per heavy atom. The molecule has 0 atom stereocenters. The maximum Gasteiger partial charge on any atom is 0.325 e. The number of carbonyl (C=O) groups is 1. The fourth-order valence-corrected chi connectivity index (χ4v) is 1.34. The molecule has 0 unspecified atom stereocenters. The number of halogens is 2.